The van der Waals surface area contributed by atoms with Crippen LogP contribution in [0.5, 0.6) is 0 Å². The van der Waals surface area contributed by atoms with Gasteiger partial charge in [0.05, 0.1) is 12.2 Å². The first-order valence-corrected chi connectivity index (χ1v) is 9.33. The van der Waals surface area contributed by atoms with Crippen molar-refractivity contribution in [2.24, 2.45) is 5.73 Å². The Hall–Kier alpha value is -3.38. The van der Waals surface area contributed by atoms with Gasteiger partial charge in [-0.3, -0.25) is 4.79 Å². The minimum absolute atomic E-state index is 0.407. The van der Waals surface area contributed by atoms with Crippen molar-refractivity contribution in [1.29, 1.82) is 0 Å². The number of hydrogen-bond acceptors (Lipinski definition) is 4. The average molecular weight is 410 g/mol. The van der Waals surface area contributed by atoms with Gasteiger partial charge in [0.25, 0.3) is 5.91 Å². The zero-order chi connectivity index (χ0) is 20.8. The molecule has 29 heavy (non-hydrogen) atoms. The molecule has 1 heterocycles. The van der Waals surface area contributed by atoms with Gasteiger partial charge >= 0.3 is 5.97 Å². The summed E-state index contributed by atoms with van der Waals surface area (Å²) in [5.74, 6) is -1.45. The molecule has 6 nitrogen and oxygen atoms in total. The number of nitrogens with zero attached hydrogens (tertiary/aromatic N) is 2. The van der Waals surface area contributed by atoms with Crippen molar-refractivity contribution in [3.63, 3.8) is 0 Å². The molecule has 148 valence electrons. The van der Waals surface area contributed by atoms with Gasteiger partial charge in [-0.05, 0) is 18.6 Å². The molecule has 1 amide bonds. The number of rotatable bonds is 7. The molecule has 1 unspecified atom stereocenters. The maximum atomic E-state index is 12.2. The first-order chi connectivity index (χ1) is 14.0. The molecule has 1 atom stereocenters. The van der Waals surface area contributed by atoms with E-state index in [-0.39, 0.29) is 0 Å². The van der Waals surface area contributed by atoms with Crippen LogP contribution < -0.4 is 5.73 Å². The van der Waals surface area contributed by atoms with Gasteiger partial charge in [0.2, 0.25) is 6.10 Å². The lowest BCUT2D eigenvalue weighted by atomic mass is 10.1. The summed E-state index contributed by atoms with van der Waals surface area (Å²) in [7, 11) is 0. The number of aromatic nitrogens is 2. The molecule has 0 aliphatic carbocycles. The number of aryl methyl sites for hydroxylation is 1. The molecular weight excluding hydrogens is 390 g/mol. The normalized spacial score (nSPS) is 12.1. The Balaban J connectivity index is 1.73. The topological polar surface area (TPSA) is 87.2 Å². The third-order valence-electron chi connectivity index (χ3n) is 4.27. The van der Waals surface area contributed by atoms with Crippen LogP contribution in [0.25, 0.3) is 6.08 Å². The number of esters is 1. The van der Waals surface area contributed by atoms with Crippen LogP contribution >= 0.6 is 11.6 Å². The fraction of sp³-hybridized carbons (Fsp3) is 0.136. The Morgan fingerprint density at radius 1 is 1.14 bits per heavy atom. The third kappa shape index (κ3) is 5.12. The van der Waals surface area contributed by atoms with Gasteiger partial charge in [0.15, 0.2) is 0 Å². The Kier molecular flexibility index (Phi) is 6.46. The van der Waals surface area contributed by atoms with Crippen LogP contribution in [0, 0.1) is 6.92 Å². The zero-order valence-corrected chi connectivity index (χ0v) is 16.5. The van der Waals surface area contributed by atoms with E-state index in [1.165, 1.54) is 12.2 Å². The van der Waals surface area contributed by atoms with Crippen LogP contribution in [0.3, 0.4) is 0 Å². The summed E-state index contributed by atoms with van der Waals surface area (Å²) >= 11 is 6.44. The van der Waals surface area contributed by atoms with Gasteiger partial charge in [-0.25, -0.2) is 9.48 Å². The zero-order valence-electron chi connectivity index (χ0n) is 15.8. The molecule has 0 fully saturated rings. The highest BCUT2D eigenvalue weighted by Gasteiger charge is 2.21. The summed E-state index contributed by atoms with van der Waals surface area (Å²) in [6.07, 6.45) is 1.57. The van der Waals surface area contributed by atoms with Crippen molar-refractivity contribution in [2.45, 2.75) is 19.6 Å². The number of hydrogen-bond donors (Lipinski definition) is 1. The van der Waals surface area contributed by atoms with Gasteiger partial charge in [0, 0.05) is 17.2 Å². The highest BCUT2D eigenvalue weighted by Crippen LogP contribution is 2.23. The first kappa shape index (κ1) is 20.4. The molecule has 7 heteroatoms. The van der Waals surface area contributed by atoms with E-state index >= 15 is 0 Å². The molecule has 2 aromatic carbocycles. The smallest absolute Gasteiger partial charge is 0.331 e. The Bertz CT molecular complexity index is 1030. The molecule has 2 N–H and O–H groups in total. The first-order valence-electron chi connectivity index (χ1n) is 8.95. The van der Waals surface area contributed by atoms with Crippen LogP contribution in [0.1, 0.15) is 28.5 Å². The maximum absolute atomic E-state index is 12.2. The minimum Gasteiger partial charge on any atom is -0.444 e. The van der Waals surface area contributed by atoms with E-state index in [4.69, 9.17) is 22.1 Å². The number of primary amides is 1. The molecule has 3 rings (SSSR count). The predicted octanol–water partition coefficient (Wildman–Crippen LogP) is 3.68. The second-order valence-electron chi connectivity index (χ2n) is 6.40. The fourth-order valence-electron chi connectivity index (χ4n) is 2.84. The summed E-state index contributed by atoms with van der Waals surface area (Å²) in [4.78, 5) is 23.9. The monoisotopic (exact) mass is 409 g/mol. The Morgan fingerprint density at radius 2 is 1.76 bits per heavy atom. The lowest BCUT2D eigenvalue weighted by Gasteiger charge is -2.13. The number of halogens is 1. The largest absolute Gasteiger partial charge is 0.444 e. The summed E-state index contributed by atoms with van der Waals surface area (Å²) in [5, 5.41) is 4.83. The number of amides is 1. The van der Waals surface area contributed by atoms with Crippen molar-refractivity contribution < 1.29 is 14.3 Å². The number of nitrogens with two attached hydrogens (primary N) is 1. The minimum atomic E-state index is -1.16. The maximum Gasteiger partial charge on any atom is 0.331 e. The van der Waals surface area contributed by atoms with E-state index in [1.807, 2.05) is 30.3 Å². The highest BCUT2D eigenvalue weighted by molar-refractivity contribution is 6.31. The Labute approximate surface area is 173 Å². The van der Waals surface area contributed by atoms with Crippen molar-refractivity contribution in [3.8, 4) is 0 Å². The van der Waals surface area contributed by atoms with Gasteiger partial charge in [-0.1, -0.05) is 72.3 Å². The van der Waals surface area contributed by atoms with Crippen LogP contribution in [-0.2, 0) is 20.9 Å². The molecule has 0 spiro atoms. The molecule has 0 aliphatic rings. The second kappa shape index (κ2) is 9.21. The van der Waals surface area contributed by atoms with Crippen molar-refractivity contribution in [1.82, 2.24) is 9.78 Å². The number of carbonyl (C=O) groups is 2. The number of ether oxygens (including phenoxy) is 1. The number of carbonyl (C=O) groups excluding carboxylic acids is 2. The average Bonchev–Trinajstić information content (AvgIpc) is 2.98. The highest BCUT2D eigenvalue weighted by atomic mass is 35.5. The van der Waals surface area contributed by atoms with Gasteiger partial charge < -0.3 is 10.5 Å². The quantitative estimate of drug-likeness (QED) is 0.476. The van der Waals surface area contributed by atoms with Crippen LogP contribution in [0.15, 0.2) is 66.7 Å². The summed E-state index contributed by atoms with van der Waals surface area (Å²) < 4.78 is 6.89. The van der Waals surface area contributed by atoms with Crippen LogP contribution in [0.4, 0.5) is 0 Å². The summed E-state index contributed by atoms with van der Waals surface area (Å²) in [5.41, 5.74) is 8.21. The molecule has 1 aromatic heterocycles. The molecule has 0 radical (unpaired) electrons. The van der Waals surface area contributed by atoms with E-state index in [0.29, 0.717) is 28.5 Å². The Morgan fingerprint density at radius 3 is 2.38 bits per heavy atom. The van der Waals surface area contributed by atoms with Gasteiger partial charge in [-0.15, -0.1) is 0 Å². The standard InChI is InChI=1S/C22H20ClN3O3/c1-15-18(21(23)26(25-15)14-16-8-4-2-5-9-16)12-13-19(27)29-20(22(24)28)17-10-6-3-7-11-17/h2-13,20H,14H2,1H3,(H2,24,28)/b13-12+. The van der Waals surface area contributed by atoms with E-state index in [2.05, 4.69) is 5.10 Å². The third-order valence-corrected chi connectivity index (χ3v) is 4.66. The fourth-order valence-corrected chi connectivity index (χ4v) is 3.14. The molecule has 0 bridgehead atoms. The molecule has 0 aliphatic heterocycles. The van der Waals surface area contributed by atoms with E-state index in [1.54, 1.807) is 41.9 Å². The van der Waals surface area contributed by atoms with E-state index in [9.17, 15) is 9.59 Å². The van der Waals surface area contributed by atoms with Crippen LogP contribution in [0.2, 0.25) is 5.15 Å². The van der Waals surface area contributed by atoms with Crippen molar-refractivity contribution in [3.05, 3.63) is 94.3 Å². The summed E-state index contributed by atoms with van der Waals surface area (Å²) in [6, 6.07) is 18.4. The molecule has 0 saturated heterocycles. The SMILES string of the molecule is Cc1nn(Cc2ccccc2)c(Cl)c1/C=C/C(=O)OC(C(N)=O)c1ccccc1. The van der Waals surface area contributed by atoms with Crippen molar-refractivity contribution >= 4 is 29.6 Å². The molecular formula is C22H20ClN3O3. The number of benzene rings is 2. The lowest BCUT2D eigenvalue weighted by Crippen LogP contribution is -2.25. The van der Waals surface area contributed by atoms with Crippen molar-refractivity contribution in [2.75, 3.05) is 0 Å². The predicted molar refractivity (Wildman–Crippen MR) is 111 cm³/mol. The van der Waals surface area contributed by atoms with E-state index in [0.717, 1.165) is 5.56 Å². The van der Waals surface area contributed by atoms with Gasteiger partial charge in [-0.2, -0.15) is 5.10 Å². The van der Waals surface area contributed by atoms with Gasteiger partial charge in [0.1, 0.15) is 5.15 Å². The second-order valence-corrected chi connectivity index (χ2v) is 6.75. The molecule has 3 aromatic rings. The van der Waals surface area contributed by atoms with Crippen LogP contribution in [-0.4, -0.2) is 21.7 Å². The van der Waals surface area contributed by atoms with E-state index < -0.39 is 18.0 Å². The summed E-state index contributed by atoms with van der Waals surface area (Å²) in [6.45, 7) is 2.31. The molecule has 0 saturated carbocycles. The lowest BCUT2D eigenvalue weighted by molar-refractivity contribution is -0.150.